The van der Waals surface area contributed by atoms with Gasteiger partial charge in [-0.15, -0.1) is 0 Å². The third-order valence-corrected chi connectivity index (χ3v) is 2.72. The van der Waals surface area contributed by atoms with Crippen LogP contribution in [-0.4, -0.2) is 7.11 Å². The molecule has 0 bridgehead atoms. The lowest BCUT2D eigenvalue weighted by Crippen LogP contribution is -2.11. The maximum atomic E-state index is 5.44. The molecule has 1 nitrogen and oxygen atoms in total. The lowest BCUT2D eigenvalue weighted by atomic mass is 9.85. The molecule has 0 fully saturated rings. The lowest BCUT2D eigenvalue weighted by Gasteiger charge is -2.21. The highest BCUT2D eigenvalue weighted by Gasteiger charge is 2.16. The molecule has 0 radical (unpaired) electrons. The van der Waals surface area contributed by atoms with E-state index in [2.05, 4.69) is 52.8 Å². The summed E-state index contributed by atoms with van der Waals surface area (Å²) in [6.07, 6.45) is 0. The molecule has 0 saturated carbocycles. The predicted molar refractivity (Wildman–Crippen MR) is 65.8 cm³/mol. The van der Waals surface area contributed by atoms with Gasteiger partial charge >= 0.3 is 0 Å². The summed E-state index contributed by atoms with van der Waals surface area (Å²) in [5.74, 6) is 1.52. The van der Waals surface area contributed by atoms with Gasteiger partial charge in [0.15, 0.2) is 0 Å². The molecule has 0 spiro atoms. The summed E-state index contributed by atoms with van der Waals surface area (Å²) in [5.41, 5.74) is 2.79. The molecule has 0 aliphatic heterocycles. The van der Waals surface area contributed by atoms with E-state index in [9.17, 15) is 0 Å². The van der Waals surface area contributed by atoms with E-state index >= 15 is 0 Å². The Kier molecular flexibility index (Phi) is 3.43. The second kappa shape index (κ2) is 4.26. The van der Waals surface area contributed by atoms with Crippen LogP contribution in [0.15, 0.2) is 18.2 Å². The highest BCUT2D eigenvalue weighted by molar-refractivity contribution is 5.41. The molecule has 0 amide bonds. The molecule has 0 aliphatic carbocycles. The highest BCUT2D eigenvalue weighted by Crippen LogP contribution is 2.31. The van der Waals surface area contributed by atoms with Gasteiger partial charge in [-0.3, -0.25) is 0 Å². The van der Waals surface area contributed by atoms with Gasteiger partial charge in [-0.1, -0.05) is 46.8 Å². The molecule has 0 unspecified atom stereocenters. The van der Waals surface area contributed by atoms with Crippen LogP contribution < -0.4 is 4.74 Å². The van der Waals surface area contributed by atoms with Crippen molar-refractivity contribution < 1.29 is 4.74 Å². The second-order valence-electron chi connectivity index (χ2n) is 5.36. The maximum absolute atomic E-state index is 5.44. The molecular weight excluding hydrogens is 184 g/mol. The van der Waals surface area contributed by atoms with E-state index < -0.39 is 0 Å². The summed E-state index contributed by atoms with van der Waals surface area (Å²) in [6, 6.07) is 6.55. The number of rotatable bonds is 2. The van der Waals surface area contributed by atoms with E-state index in [4.69, 9.17) is 4.74 Å². The monoisotopic (exact) mass is 206 g/mol. The third-order valence-electron chi connectivity index (χ3n) is 2.72. The topological polar surface area (TPSA) is 9.23 Å². The Labute approximate surface area is 93.5 Å². The molecule has 1 heteroatoms. The predicted octanol–water partition coefficient (Wildman–Crippen LogP) is 4.12. The van der Waals surface area contributed by atoms with E-state index in [1.165, 1.54) is 11.1 Å². The van der Waals surface area contributed by atoms with Crippen molar-refractivity contribution in [3.05, 3.63) is 29.3 Å². The number of hydrogen-bond acceptors (Lipinski definition) is 1. The number of hydrogen-bond donors (Lipinski definition) is 0. The molecule has 0 heterocycles. The van der Waals surface area contributed by atoms with Crippen LogP contribution in [0, 0.1) is 0 Å². The average molecular weight is 206 g/mol. The van der Waals surface area contributed by atoms with Crippen molar-refractivity contribution in [1.29, 1.82) is 0 Å². The standard InChI is InChI=1S/C14H22O/c1-10(2)12-8-7-11(14(3,4)5)9-13(12)15-6/h7-10H,1-6H3. The Bertz CT molecular complexity index is 332. The minimum atomic E-state index is 0.183. The molecule has 84 valence electrons. The highest BCUT2D eigenvalue weighted by atomic mass is 16.5. The van der Waals surface area contributed by atoms with Gasteiger partial charge in [0.25, 0.3) is 0 Å². The van der Waals surface area contributed by atoms with Crippen LogP contribution in [0.25, 0.3) is 0 Å². The summed E-state index contributed by atoms with van der Waals surface area (Å²) in [5, 5.41) is 0. The van der Waals surface area contributed by atoms with Crippen molar-refractivity contribution in [2.24, 2.45) is 0 Å². The molecule has 0 aromatic heterocycles. The van der Waals surface area contributed by atoms with Crippen molar-refractivity contribution >= 4 is 0 Å². The van der Waals surface area contributed by atoms with Crippen LogP contribution in [0.3, 0.4) is 0 Å². The average Bonchev–Trinajstić information content (AvgIpc) is 2.15. The first-order valence-electron chi connectivity index (χ1n) is 5.54. The van der Waals surface area contributed by atoms with Crippen LogP contribution in [-0.2, 0) is 5.41 Å². The molecule has 0 atom stereocenters. The molecule has 0 saturated heterocycles. The van der Waals surface area contributed by atoms with Crippen LogP contribution >= 0.6 is 0 Å². The first-order valence-corrected chi connectivity index (χ1v) is 5.54. The Balaban J connectivity index is 3.19. The van der Waals surface area contributed by atoms with Crippen LogP contribution in [0.5, 0.6) is 5.75 Å². The van der Waals surface area contributed by atoms with Crippen molar-refractivity contribution in [2.75, 3.05) is 7.11 Å². The zero-order valence-corrected chi connectivity index (χ0v) is 10.7. The van der Waals surface area contributed by atoms with Gasteiger partial charge in [0.1, 0.15) is 5.75 Å². The van der Waals surface area contributed by atoms with Crippen LogP contribution in [0.1, 0.15) is 51.7 Å². The summed E-state index contributed by atoms with van der Waals surface area (Å²) >= 11 is 0. The Morgan fingerprint density at radius 3 is 2.13 bits per heavy atom. The summed E-state index contributed by atoms with van der Waals surface area (Å²) in [6.45, 7) is 11.0. The van der Waals surface area contributed by atoms with Crippen LogP contribution in [0.2, 0.25) is 0 Å². The fourth-order valence-corrected chi connectivity index (χ4v) is 1.65. The van der Waals surface area contributed by atoms with Crippen molar-refractivity contribution in [3.8, 4) is 5.75 Å². The number of methoxy groups -OCH3 is 1. The quantitative estimate of drug-likeness (QED) is 0.707. The molecule has 1 rings (SSSR count). The zero-order valence-electron chi connectivity index (χ0n) is 10.7. The fraction of sp³-hybridized carbons (Fsp3) is 0.571. The van der Waals surface area contributed by atoms with E-state index in [0.717, 1.165) is 5.75 Å². The van der Waals surface area contributed by atoms with E-state index in [0.29, 0.717) is 5.92 Å². The summed E-state index contributed by atoms with van der Waals surface area (Å²) in [4.78, 5) is 0. The zero-order chi connectivity index (χ0) is 11.6. The Morgan fingerprint density at radius 2 is 1.73 bits per heavy atom. The van der Waals surface area contributed by atoms with Gasteiger partial charge in [0.2, 0.25) is 0 Å². The number of ether oxygens (including phenoxy) is 1. The number of benzene rings is 1. The first kappa shape index (κ1) is 12.1. The molecule has 0 N–H and O–H groups in total. The van der Waals surface area contributed by atoms with Gasteiger partial charge < -0.3 is 4.74 Å². The molecule has 1 aromatic carbocycles. The van der Waals surface area contributed by atoms with Gasteiger partial charge in [-0.05, 0) is 28.5 Å². The summed E-state index contributed by atoms with van der Waals surface area (Å²) in [7, 11) is 1.74. The van der Waals surface area contributed by atoms with Crippen molar-refractivity contribution in [2.45, 2.75) is 46.0 Å². The minimum absolute atomic E-state index is 0.183. The normalized spacial score (nSPS) is 11.9. The van der Waals surface area contributed by atoms with Gasteiger partial charge in [0.05, 0.1) is 7.11 Å². The summed E-state index contributed by atoms with van der Waals surface area (Å²) < 4.78 is 5.44. The van der Waals surface area contributed by atoms with Gasteiger partial charge in [-0.2, -0.15) is 0 Å². The smallest absolute Gasteiger partial charge is 0.122 e. The third kappa shape index (κ3) is 2.74. The Hall–Kier alpha value is -0.980. The van der Waals surface area contributed by atoms with E-state index in [1.807, 2.05) is 0 Å². The van der Waals surface area contributed by atoms with E-state index in [1.54, 1.807) is 7.11 Å². The van der Waals surface area contributed by atoms with Crippen LogP contribution in [0.4, 0.5) is 0 Å². The van der Waals surface area contributed by atoms with E-state index in [-0.39, 0.29) is 5.41 Å². The van der Waals surface area contributed by atoms with Gasteiger partial charge in [-0.25, -0.2) is 0 Å². The largest absolute Gasteiger partial charge is 0.496 e. The molecule has 1 aromatic rings. The fourth-order valence-electron chi connectivity index (χ4n) is 1.65. The minimum Gasteiger partial charge on any atom is -0.496 e. The second-order valence-corrected chi connectivity index (χ2v) is 5.36. The maximum Gasteiger partial charge on any atom is 0.122 e. The molecule has 0 aliphatic rings. The Morgan fingerprint density at radius 1 is 1.13 bits per heavy atom. The lowest BCUT2D eigenvalue weighted by molar-refractivity contribution is 0.405. The van der Waals surface area contributed by atoms with Crippen molar-refractivity contribution in [3.63, 3.8) is 0 Å². The SMILES string of the molecule is COc1cc(C(C)(C)C)ccc1C(C)C. The van der Waals surface area contributed by atoms with Gasteiger partial charge in [0, 0.05) is 0 Å². The molecule has 15 heavy (non-hydrogen) atoms. The van der Waals surface area contributed by atoms with Crippen molar-refractivity contribution in [1.82, 2.24) is 0 Å². The molecular formula is C14H22O. The first-order chi connectivity index (χ1) is 6.86.